The van der Waals surface area contributed by atoms with E-state index in [1.54, 1.807) is 26.0 Å². The summed E-state index contributed by atoms with van der Waals surface area (Å²) < 4.78 is 13.4. The van der Waals surface area contributed by atoms with E-state index >= 15 is 0 Å². The molecule has 0 aromatic heterocycles. The lowest BCUT2D eigenvalue weighted by Crippen LogP contribution is -2.33. The predicted octanol–water partition coefficient (Wildman–Crippen LogP) is 2.06. The van der Waals surface area contributed by atoms with Gasteiger partial charge in [-0.05, 0) is 43.5 Å². The van der Waals surface area contributed by atoms with Crippen molar-refractivity contribution >= 4 is 5.91 Å². The van der Waals surface area contributed by atoms with Crippen LogP contribution in [0.4, 0.5) is 4.39 Å². The molecule has 0 unspecified atom stereocenters. The number of carbonyl (C=O) groups is 1. The van der Waals surface area contributed by atoms with Gasteiger partial charge in [0.15, 0.2) is 0 Å². The molecule has 0 aliphatic heterocycles. The summed E-state index contributed by atoms with van der Waals surface area (Å²) in [6.07, 6.45) is 1.00. The van der Waals surface area contributed by atoms with Gasteiger partial charge in [0.2, 0.25) is 5.91 Å². The number of carbonyl (C=O) groups excluding carboxylic acids is 1. The second-order valence-corrected chi connectivity index (χ2v) is 4.50. The Bertz CT molecular complexity index is 395. The topological polar surface area (TPSA) is 41.1 Å². The first kappa shape index (κ1) is 14.6. The third-order valence-electron chi connectivity index (χ3n) is 2.70. The molecule has 0 heterocycles. The molecule has 1 aromatic rings. The molecule has 3 nitrogen and oxygen atoms in total. The first-order chi connectivity index (χ1) is 8.54. The second kappa shape index (κ2) is 7.11. The van der Waals surface area contributed by atoms with Gasteiger partial charge >= 0.3 is 0 Å². The maximum Gasteiger partial charge on any atom is 0.234 e. The van der Waals surface area contributed by atoms with Gasteiger partial charge in [-0.25, -0.2) is 4.39 Å². The van der Waals surface area contributed by atoms with Crippen molar-refractivity contribution in [2.75, 3.05) is 13.1 Å². The maximum atomic E-state index is 13.4. The SMILES string of the molecule is CCCNCC(=O)NCc1cc(C)c(F)c(C)c1. The van der Waals surface area contributed by atoms with Crippen LogP contribution in [-0.4, -0.2) is 19.0 Å². The summed E-state index contributed by atoms with van der Waals surface area (Å²) in [5, 5.41) is 5.84. The van der Waals surface area contributed by atoms with E-state index in [0.29, 0.717) is 24.2 Å². The molecule has 0 spiro atoms. The van der Waals surface area contributed by atoms with Gasteiger partial charge in [-0.1, -0.05) is 19.1 Å². The summed E-state index contributed by atoms with van der Waals surface area (Å²) in [5.41, 5.74) is 2.15. The molecule has 0 fully saturated rings. The summed E-state index contributed by atoms with van der Waals surface area (Å²) in [5.74, 6) is -0.210. The van der Waals surface area contributed by atoms with Crippen molar-refractivity contribution in [1.29, 1.82) is 0 Å². The van der Waals surface area contributed by atoms with Gasteiger partial charge in [-0.15, -0.1) is 0 Å². The summed E-state index contributed by atoms with van der Waals surface area (Å²) in [7, 11) is 0. The molecule has 0 aliphatic rings. The fraction of sp³-hybridized carbons (Fsp3) is 0.500. The Kier molecular flexibility index (Phi) is 5.78. The summed E-state index contributed by atoms with van der Waals surface area (Å²) in [4.78, 5) is 11.5. The Labute approximate surface area is 108 Å². The highest BCUT2D eigenvalue weighted by molar-refractivity contribution is 5.77. The van der Waals surface area contributed by atoms with Crippen LogP contribution in [0.5, 0.6) is 0 Å². The van der Waals surface area contributed by atoms with Gasteiger partial charge in [0, 0.05) is 6.54 Å². The van der Waals surface area contributed by atoms with Crippen molar-refractivity contribution < 1.29 is 9.18 Å². The van der Waals surface area contributed by atoms with E-state index in [0.717, 1.165) is 18.5 Å². The molecule has 0 atom stereocenters. The van der Waals surface area contributed by atoms with Crippen LogP contribution in [-0.2, 0) is 11.3 Å². The first-order valence-corrected chi connectivity index (χ1v) is 6.27. The molecule has 4 heteroatoms. The number of rotatable bonds is 6. The average molecular weight is 252 g/mol. The monoisotopic (exact) mass is 252 g/mol. The highest BCUT2D eigenvalue weighted by Gasteiger charge is 2.05. The minimum atomic E-state index is -0.172. The lowest BCUT2D eigenvalue weighted by atomic mass is 10.1. The van der Waals surface area contributed by atoms with Crippen molar-refractivity contribution in [3.8, 4) is 0 Å². The highest BCUT2D eigenvalue weighted by Crippen LogP contribution is 2.14. The Morgan fingerprint density at radius 1 is 1.28 bits per heavy atom. The maximum absolute atomic E-state index is 13.4. The second-order valence-electron chi connectivity index (χ2n) is 4.50. The largest absolute Gasteiger partial charge is 0.351 e. The standard InChI is InChI=1S/C14H21FN2O/c1-4-5-16-9-13(18)17-8-12-6-10(2)14(15)11(3)7-12/h6-7,16H,4-5,8-9H2,1-3H3,(H,17,18). The molecule has 0 aliphatic carbocycles. The number of hydrogen-bond donors (Lipinski definition) is 2. The van der Waals surface area contributed by atoms with Crippen molar-refractivity contribution in [2.24, 2.45) is 0 Å². The summed E-state index contributed by atoms with van der Waals surface area (Å²) >= 11 is 0. The van der Waals surface area contributed by atoms with E-state index in [1.165, 1.54) is 0 Å². The van der Waals surface area contributed by atoms with E-state index in [4.69, 9.17) is 0 Å². The molecule has 100 valence electrons. The van der Waals surface area contributed by atoms with Gasteiger partial charge in [-0.3, -0.25) is 4.79 Å². The fourth-order valence-corrected chi connectivity index (χ4v) is 1.78. The average Bonchev–Trinajstić information content (AvgIpc) is 2.33. The van der Waals surface area contributed by atoms with Crippen LogP contribution in [0.3, 0.4) is 0 Å². The van der Waals surface area contributed by atoms with Crippen molar-refractivity contribution in [3.05, 3.63) is 34.6 Å². The van der Waals surface area contributed by atoms with Gasteiger partial charge in [0.05, 0.1) is 6.54 Å². The van der Waals surface area contributed by atoms with Gasteiger partial charge in [-0.2, -0.15) is 0 Å². The molecule has 1 rings (SSSR count). The van der Waals surface area contributed by atoms with Gasteiger partial charge in [0.25, 0.3) is 0 Å². The van der Waals surface area contributed by atoms with Crippen LogP contribution in [0.2, 0.25) is 0 Å². The molecule has 18 heavy (non-hydrogen) atoms. The third kappa shape index (κ3) is 4.45. The van der Waals surface area contributed by atoms with E-state index in [2.05, 4.69) is 17.6 Å². The zero-order valence-corrected chi connectivity index (χ0v) is 11.3. The minimum absolute atomic E-state index is 0.0388. The Balaban J connectivity index is 2.46. The summed E-state index contributed by atoms with van der Waals surface area (Å²) in [6, 6.07) is 3.53. The number of halogens is 1. The zero-order chi connectivity index (χ0) is 13.5. The molecule has 0 radical (unpaired) electrons. The van der Waals surface area contributed by atoms with E-state index in [1.807, 2.05) is 0 Å². The number of amides is 1. The molecule has 1 amide bonds. The predicted molar refractivity (Wildman–Crippen MR) is 70.9 cm³/mol. The van der Waals surface area contributed by atoms with Crippen molar-refractivity contribution in [3.63, 3.8) is 0 Å². The molecule has 1 aromatic carbocycles. The molecule has 0 bridgehead atoms. The number of aryl methyl sites for hydroxylation is 2. The molecular weight excluding hydrogens is 231 g/mol. The summed E-state index contributed by atoms with van der Waals surface area (Å²) in [6.45, 7) is 7.12. The van der Waals surface area contributed by atoms with E-state index in [9.17, 15) is 9.18 Å². The zero-order valence-electron chi connectivity index (χ0n) is 11.3. The quantitative estimate of drug-likeness (QED) is 0.761. The smallest absolute Gasteiger partial charge is 0.234 e. The van der Waals surface area contributed by atoms with E-state index < -0.39 is 0 Å². The number of nitrogens with one attached hydrogen (secondary N) is 2. The molecule has 0 saturated carbocycles. The lowest BCUT2D eigenvalue weighted by Gasteiger charge is -2.09. The lowest BCUT2D eigenvalue weighted by molar-refractivity contribution is -0.120. The number of hydrogen-bond acceptors (Lipinski definition) is 2. The van der Waals surface area contributed by atoms with Crippen LogP contribution in [0, 0.1) is 19.7 Å². The van der Waals surface area contributed by atoms with Crippen LogP contribution < -0.4 is 10.6 Å². The van der Waals surface area contributed by atoms with Crippen LogP contribution in [0.15, 0.2) is 12.1 Å². The van der Waals surface area contributed by atoms with Crippen LogP contribution >= 0.6 is 0 Å². The molecule has 0 saturated heterocycles. The van der Waals surface area contributed by atoms with Crippen LogP contribution in [0.1, 0.15) is 30.0 Å². The van der Waals surface area contributed by atoms with E-state index in [-0.39, 0.29) is 11.7 Å². The normalized spacial score (nSPS) is 10.4. The third-order valence-corrected chi connectivity index (χ3v) is 2.70. The Hall–Kier alpha value is -1.42. The Morgan fingerprint density at radius 2 is 1.89 bits per heavy atom. The number of benzene rings is 1. The highest BCUT2D eigenvalue weighted by atomic mass is 19.1. The Morgan fingerprint density at radius 3 is 2.44 bits per heavy atom. The van der Waals surface area contributed by atoms with Crippen molar-refractivity contribution in [1.82, 2.24) is 10.6 Å². The van der Waals surface area contributed by atoms with Crippen LogP contribution in [0.25, 0.3) is 0 Å². The van der Waals surface area contributed by atoms with Gasteiger partial charge < -0.3 is 10.6 Å². The fourth-order valence-electron chi connectivity index (χ4n) is 1.78. The minimum Gasteiger partial charge on any atom is -0.351 e. The van der Waals surface area contributed by atoms with Gasteiger partial charge in [0.1, 0.15) is 5.82 Å². The first-order valence-electron chi connectivity index (χ1n) is 6.27. The molecular formula is C14H21FN2O. The molecule has 2 N–H and O–H groups in total. The van der Waals surface area contributed by atoms with Crippen molar-refractivity contribution in [2.45, 2.75) is 33.7 Å².